The SMILES string of the molecule is O=C(c1ccc(N2C(=O)/C(=C/c3ccccc3)N=C2c2ccccc2)cc1)N1CCCCC1. The average Bonchev–Trinajstić information content (AvgIpc) is 3.21. The molecule has 2 aliphatic rings. The number of piperidine rings is 1. The molecule has 0 spiro atoms. The Hall–Kier alpha value is -3.99. The summed E-state index contributed by atoms with van der Waals surface area (Å²) in [6.45, 7) is 1.62. The van der Waals surface area contributed by atoms with E-state index in [1.54, 1.807) is 23.1 Å². The number of rotatable bonds is 4. The van der Waals surface area contributed by atoms with Gasteiger partial charge in [0.15, 0.2) is 0 Å². The number of aliphatic imine (C=N–C) groups is 1. The molecule has 1 fully saturated rings. The highest BCUT2D eigenvalue weighted by Gasteiger charge is 2.32. The monoisotopic (exact) mass is 435 g/mol. The maximum atomic E-state index is 13.4. The quantitative estimate of drug-likeness (QED) is 0.533. The summed E-state index contributed by atoms with van der Waals surface area (Å²) in [4.78, 5) is 34.5. The van der Waals surface area contributed by atoms with E-state index in [1.165, 1.54) is 6.42 Å². The molecule has 164 valence electrons. The van der Waals surface area contributed by atoms with Crippen molar-refractivity contribution in [2.24, 2.45) is 4.99 Å². The second kappa shape index (κ2) is 9.25. The predicted octanol–water partition coefficient (Wildman–Crippen LogP) is 5.15. The van der Waals surface area contributed by atoms with Crippen molar-refractivity contribution < 1.29 is 9.59 Å². The molecular formula is C28H25N3O2. The highest BCUT2D eigenvalue weighted by molar-refractivity contribution is 6.33. The minimum Gasteiger partial charge on any atom is -0.339 e. The van der Waals surface area contributed by atoms with Crippen molar-refractivity contribution >= 4 is 29.4 Å². The van der Waals surface area contributed by atoms with Crippen LogP contribution in [0, 0.1) is 0 Å². The number of amidine groups is 1. The summed E-state index contributed by atoms with van der Waals surface area (Å²) in [6.07, 6.45) is 5.10. The van der Waals surface area contributed by atoms with E-state index in [9.17, 15) is 9.59 Å². The van der Waals surface area contributed by atoms with Gasteiger partial charge in [0, 0.05) is 24.2 Å². The molecular weight excluding hydrogens is 410 g/mol. The molecule has 0 aliphatic carbocycles. The Bertz CT molecular complexity index is 1210. The zero-order valence-corrected chi connectivity index (χ0v) is 18.4. The van der Waals surface area contributed by atoms with Gasteiger partial charge in [0.25, 0.3) is 11.8 Å². The molecule has 2 heterocycles. The third-order valence-corrected chi connectivity index (χ3v) is 6.01. The minimum absolute atomic E-state index is 0.0515. The summed E-state index contributed by atoms with van der Waals surface area (Å²) in [7, 11) is 0. The molecule has 2 aliphatic heterocycles. The first kappa shape index (κ1) is 20.9. The number of nitrogens with zero attached hydrogens (tertiary/aromatic N) is 3. The molecule has 0 unspecified atom stereocenters. The van der Waals surface area contributed by atoms with Crippen LogP contribution < -0.4 is 4.90 Å². The number of hydrogen-bond donors (Lipinski definition) is 0. The van der Waals surface area contributed by atoms with Crippen molar-refractivity contribution in [1.29, 1.82) is 0 Å². The van der Waals surface area contributed by atoms with Gasteiger partial charge in [-0.05, 0) is 55.2 Å². The van der Waals surface area contributed by atoms with E-state index in [-0.39, 0.29) is 11.8 Å². The molecule has 33 heavy (non-hydrogen) atoms. The first-order valence-corrected chi connectivity index (χ1v) is 11.4. The molecule has 0 aromatic heterocycles. The molecule has 5 rings (SSSR count). The van der Waals surface area contributed by atoms with Crippen molar-refractivity contribution in [2.45, 2.75) is 19.3 Å². The smallest absolute Gasteiger partial charge is 0.282 e. The van der Waals surface area contributed by atoms with Crippen LogP contribution >= 0.6 is 0 Å². The van der Waals surface area contributed by atoms with E-state index < -0.39 is 0 Å². The van der Waals surface area contributed by atoms with Crippen LogP contribution in [0.1, 0.15) is 40.7 Å². The van der Waals surface area contributed by atoms with E-state index in [0.29, 0.717) is 22.8 Å². The molecule has 5 heteroatoms. The summed E-state index contributed by atoms with van der Waals surface area (Å²) < 4.78 is 0. The highest BCUT2D eigenvalue weighted by atomic mass is 16.2. The summed E-state index contributed by atoms with van der Waals surface area (Å²) in [5.74, 6) is 0.446. The van der Waals surface area contributed by atoms with Crippen LogP contribution in [0.15, 0.2) is 95.6 Å². The lowest BCUT2D eigenvalue weighted by Gasteiger charge is -2.27. The van der Waals surface area contributed by atoms with Gasteiger partial charge >= 0.3 is 0 Å². The Balaban J connectivity index is 1.48. The molecule has 0 saturated carbocycles. The maximum absolute atomic E-state index is 13.4. The standard InChI is InChI=1S/C28H25N3O2/c32-27(30-18-8-3-9-19-30)23-14-16-24(17-15-23)31-26(22-12-6-2-7-13-22)29-25(28(31)33)20-21-10-4-1-5-11-21/h1-2,4-7,10-17,20H,3,8-9,18-19H2/b25-20-. The van der Waals surface area contributed by atoms with E-state index in [1.807, 2.05) is 77.7 Å². The van der Waals surface area contributed by atoms with Gasteiger partial charge < -0.3 is 4.90 Å². The predicted molar refractivity (Wildman–Crippen MR) is 131 cm³/mol. The molecule has 0 bridgehead atoms. The topological polar surface area (TPSA) is 53.0 Å². The Kier molecular flexibility index (Phi) is 5.85. The second-order valence-electron chi connectivity index (χ2n) is 8.28. The number of hydrogen-bond acceptors (Lipinski definition) is 3. The van der Waals surface area contributed by atoms with Gasteiger partial charge in [-0.1, -0.05) is 60.7 Å². The van der Waals surface area contributed by atoms with Crippen LogP contribution in [0.5, 0.6) is 0 Å². The number of anilines is 1. The van der Waals surface area contributed by atoms with Crippen molar-refractivity contribution in [3.8, 4) is 0 Å². The number of carbonyl (C=O) groups is 2. The van der Waals surface area contributed by atoms with E-state index in [2.05, 4.69) is 0 Å². The van der Waals surface area contributed by atoms with Gasteiger partial charge in [-0.2, -0.15) is 0 Å². The lowest BCUT2D eigenvalue weighted by Crippen LogP contribution is -2.35. The molecule has 5 nitrogen and oxygen atoms in total. The van der Waals surface area contributed by atoms with Crippen LogP contribution in [0.4, 0.5) is 5.69 Å². The van der Waals surface area contributed by atoms with Crippen LogP contribution in [-0.4, -0.2) is 35.6 Å². The number of likely N-dealkylation sites (tertiary alicyclic amines) is 1. The van der Waals surface area contributed by atoms with E-state index in [4.69, 9.17) is 4.99 Å². The Morgan fingerprint density at radius 1 is 0.788 bits per heavy atom. The van der Waals surface area contributed by atoms with Gasteiger partial charge in [0.2, 0.25) is 0 Å². The van der Waals surface area contributed by atoms with Crippen LogP contribution in [-0.2, 0) is 4.79 Å². The first-order valence-electron chi connectivity index (χ1n) is 11.4. The summed E-state index contributed by atoms with van der Waals surface area (Å²) in [6, 6.07) is 26.7. The Labute approximate surface area is 193 Å². The first-order chi connectivity index (χ1) is 16.2. The summed E-state index contributed by atoms with van der Waals surface area (Å²) >= 11 is 0. The lowest BCUT2D eigenvalue weighted by molar-refractivity contribution is -0.113. The van der Waals surface area contributed by atoms with Gasteiger partial charge in [0.05, 0.1) is 5.69 Å². The number of benzene rings is 3. The van der Waals surface area contributed by atoms with Crippen molar-refractivity contribution in [3.05, 3.63) is 107 Å². The highest BCUT2D eigenvalue weighted by Crippen LogP contribution is 2.28. The van der Waals surface area contributed by atoms with Gasteiger partial charge in [-0.15, -0.1) is 0 Å². The van der Waals surface area contributed by atoms with Crippen LogP contribution in [0.25, 0.3) is 6.08 Å². The van der Waals surface area contributed by atoms with Gasteiger partial charge in [-0.25, -0.2) is 4.99 Å². The van der Waals surface area contributed by atoms with Crippen molar-refractivity contribution in [3.63, 3.8) is 0 Å². The molecule has 3 aromatic rings. The minimum atomic E-state index is -0.187. The number of amides is 2. The maximum Gasteiger partial charge on any atom is 0.282 e. The van der Waals surface area contributed by atoms with Gasteiger partial charge in [-0.3, -0.25) is 14.5 Å². The van der Waals surface area contributed by atoms with Crippen LogP contribution in [0.2, 0.25) is 0 Å². The third-order valence-electron chi connectivity index (χ3n) is 6.01. The average molecular weight is 436 g/mol. The molecule has 2 amide bonds. The Morgan fingerprint density at radius 3 is 2.09 bits per heavy atom. The number of carbonyl (C=O) groups excluding carboxylic acids is 2. The largest absolute Gasteiger partial charge is 0.339 e. The van der Waals surface area contributed by atoms with Crippen LogP contribution in [0.3, 0.4) is 0 Å². The zero-order valence-electron chi connectivity index (χ0n) is 18.4. The molecule has 0 radical (unpaired) electrons. The van der Waals surface area contributed by atoms with Crippen molar-refractivity contribution in [2.75, 3.05) is 18.0 Å². The van der Waals surface area contributed by atoms with E-state index >= 15 is 0 Å². The van der Waals surface area contributed by atoms with Crippen molar-refractivity contribution in [1.82, 2.24) is 4.90 Å². The lowest BCUT2D eigenvalue weighted by atomic mass is 10.1. The fraction of sp³-hybridized carbons (Fsp3) is 0.179. The molecule has 0 N–H and O–H groups in total. The van der Waals surface area contributed by atoms with Gasteiger partial charge in [0.1, 0.15) is 11.5 Å². The zero-order chi connectivity index (χ0) is 22.6. The molecule has 1 saturated heterocycles. The summed E-state index contributed by atoms with van der Waals surface area (Å²) in [5.41, 5.74) is 3.49. The van der Waals surface area contributed by atoms with E-state index in [0.717, 1.165) is 37.1 Å². The molecule has 0 atom stereocenters. The fourth-order valence-corrected chi connectivity index (χ4v) is 4.28. The Morgan fingerprint density at radius 2 is 1.42 bits per heavy atom. The normalized spacial score (nSPS) is 17.4. The second-order valence-corrected chi connectivity index (χ2v) is 8.28. The summed E-state index contributed by atoms with van der Waals surface area (Å²) in [5, 5.41) is 0. The molecule has 3 aromatic carbocycles. The fourth-order valence-electron chi connectivity index (χ4n) is 4.28. The third kappa shape index (κ3) is 4.35.